The summed E-state index contributed by atoms with van der Waals surface area (Å²) in [6, 6.07) is 4.86. The van der Waals surface area contributed by atoms with Crippen LogP contribution in [-0.4, -0.2) is 16.6 Å². The van der Waals surface area contributed by atoms with E-state index in [0.29, 0.717) is 5.56 Å². The molecule has 4 saturated carbocycles. The number of carbonyl (C=O) groups is 1. The van der Waals surface area contributed by atoms with Crippen molar-refractivity contribution in [3.05, 3.63) is 39.4 Å². The van der Waals surface area contributed by atoms with E-state index in [0.717, 1.165) is 42.6 Å². The first kappa shape index (κ1) is 16.4. The average molecular weight is 344 g/mol. The Labute approximate surface area is 147 Å². The highest BCUT2D eigenvalue weighted by Gasteiger charge is 2.51. The highest BCUT2D eigenvalue weighted by Crippen LogP contribution is 2.55. The van der Waals surface area contributed by atoms with Crippen molar-refractivity contribution in [2.45, 2.75) is 57.6 Å². The Kier molecular flexibility index (Phi) is 3.93. The van der Waals surface area contributed by atoms with Gasteiger partial charge in [-0.15, -0.1) is 0 Å². The van der Waals surface area contributed by atoms with Gasteiger partial charge in [0.05, 0.1) is 10.5 Å². The number of alkyl carbamates (subject to hydrolysis) is 1. The second-order valence-corrected chi connectivity index (χ2v) is 8.29. The minimum atomic E-state index is -0.447. The maximum atomic E-state index is 12.4. The Balaban J connectivity index is 1.40. The van der Waals surface area contributed by atoms with E-state index in [-0.39, 0.29) is 17.8 Å². The molecule has 1 amide bonds. The number of benzene rings is 1. The molecule has 0 heterocycles. The average Bonchev–Trinajstić information content (AvgIpc) is 2.51. The van der Waals surface area contributed by atoms with E-state index in [4.69, 9.17) is 4.74 Å². The summed E-state index contributed by atoms with van der Waals surface area (Å²) in [6.45, 7) is 1.79. The van der Waals surface area contributed by atoms with Crippen molar-refractivity contribution in [3.8, 4) is 0 Å². The smallest absolute Gasteiger partial charge is 0.407 e. The van der Waals surface area contributed by atoms with E-state index >= 15 is 0 Å². The monoisotopic (exact) mass is 344 g/mol. The number of nitrogens with zero attached hydrogens (tertiary/aromatic N) is 1. The first-order valence-corrected chi connectivity index (χ1v) is 9.11. The van der Waals surface area contributed by atoms with Crippen molar-refractivity contribution < 1.29 is 14.5 Å². The summed E-state index contributed by atoms with van der Waals surface area (Å²) in [6.07, 6.45) is 6.65. The van der Waals surface area contributed by atoms with Crippen molar-refractivity contribution in [1.29, 1.82) is 0 Å². The Hall–Kier alpha value is -2.11. The lowest BCUT2D eigenvalue weighted by Gasteiger charge is -2.56. The quantitative estimate of drug-likeness (QED) is 0.658. The Bertz CT molecular complexity index is 680. The highest BCUT2D eigenvalue weighted by molar-refractivity contribution is 5.68. The zero-order valence-electron chi connectivity index (χ0n) is 14.5. The van der Waals surface area contributed by atoms with E-state index in [1.54, 1.807) is 12.1 Å². The van der Waals surface area contributed by atoms with Crippen LogP contribution in [0, 0.1) is 34.8 Å². The number of hydrogen-bond acceptors (Lipinski definition) is 4. The summed E-state index contributed by atoms with van der Waals surface area (Å²) >= 11 is 0. The van der Waals surface area contributed by atoms with E-state index in [2.05, 4.69) is 5.32 Å². The third-order valence-corrected chi connectivity index (χ3v) is 6.20. The summed E-state index contributed by atoms with van der Waals surface area (Å²) in [7, 11) is 0. The molecule has 0 unspecified atom stereocenters. The van der Waals surface area contributed by atoms with Gasteiger partial charge in [0.15, 0.2) is 0 Å². The van der Waals surface area contributed by atoms with Crippen LogP contribution in [0.3, 0.4) is 0 Å². The molecule has 0 radical (unpaired) electrons. The zero-order chi connectivity index (χ0) is 17.6. The molecule has 6 heteroatoms. The van der Waals surface area contributed by atoms with Crippen LogP contribution in [0.15, 0.2) is 18.2 Å². The van der Waals surface area contributed by atoms with Gasteiger partial charge in [-0.05, 0) is 69.3 Å². The van der Waals surface area contributed by atoms with Crippen molar-refractivity contribution in [2.24, 2.45) is 17.8 Å². The first-order valence-electron chi connectivity index (χ1n) is 9.11. The zero-order valence-corrected chi connectivity index (χ0v) is 14.5. The normalized spacial score (nSPS) is 32.4. The summed E-state index contributed by atoms with van der Waals surface area (Å²) in [5.41, 5.74) is 1.23. The molecule has 0 aromatic heterocycles. The Morgan fingerprint density at radius 2 is 1.84 bits per heavy atom. The molecule has 4 fully saturated rings. The number of hydrogen-bond donors (Lipinski definition) is 1. The van der Waals surface area contributed by atoms with E-state index < -0.39 is 11.0 Å². The molecule has 0 aliphatic heterocycles. The molecule has 25 heavy (non-hydrogen) atoms. The second kappa shape index (κ2) is 6.00. The van der Waals surface area contributed by atoms with Crippen LogP contribution in [-0.2, 0) is 11.3 Å². The lowest BCUT2D eigenvalue weighted by atomic mass is 9.53. The van der Waals surface area contributed by atoms with E-state index in [9.17, 15) is 14.9 Å². The fourth-order valence-electron chi connectivity index (χ4n) is 5.67. The van der Waals surface area contributed by atoms with Crippen LogP contribution in [0.2, 0.25) is 0 Å². The van der Waals surface area contributed by atoms with E-state index in [1.807, 2.05) is 6.92 Å². The predicted octanol–water partition coefficient (Wildman–Crippen LogP) is 4.10. The van der Waals surface area contributed by atoms with Crippen LogP contribution in [0.25, 0.3) is 0 Å². The summed E-state index contributed by atoms with van der Waals surface area (Å²) in [5.74, 6) is 2.22. The van der Waals surface area contributed by atoms with Gasteiger partial charge in [0, 0.05) is 11.6 Å². The van der Waals surface area contributed by atoms with Gasteiger partial charge < -0.3 is 10.1 Å². The lowest BCUT2D eigenvalue weighted by Crippen LogP contribution is -2.59. The van der Waals surface area contributed by atoms with Gasteiger partial charge in [0.1, 0.15) is 6.61 Å². The van der Waals surface area contributed by atoms with Gasteiger partial charge in [-0.3, -0.25) is 10.1 Å². The van der Waals surface area contributed by atoms with Crippen LogP contribution < -0.4 is 5.32 Å². The topological polar surface area (TPSA) is 81.5 Å². The number of nitro groups is 1. The van der Waals surface area contributed by atoms with Gasteiger partial charge in [-0.1, -0.05) is 11.6 Å². The summed E-state index contributed by atoms with van der Waals surface area (Å²) in [5, 5.41) is 14.3. The first-order chi connectivity index (χ1) is 11.9. The van der Waals surface area contributed by atoms with Gasteiger partial charge in [0.2, 0.25) is 0 Å². The van der Waals surface area contributed by atoms with Crippen molar-refractivity contribution in [1.82, 2.24) is 5.32 Å². The molecular weight excluding hydrogens is 320 g/mol. The maximum absolute atomic E-state index is 12.4. The number of amides is 1. The molecule has 4 bridgehead atoms. The summed E-state index contributed by atoms with van der Waals surface area (Å²) < 4.78 is 5.36. The minimum Gasteiger partial charge on any atom is -0.444 e. The molecule has 134 valence electrons. The largest absolute Gasteiger partial charge is 0.444 e. The van der Waals surface area contributed by atoms with Crippen molar-refractivity contribution in [3.63, 3.8) is 0 Å². The third kappa shape index (κ3) is 3.22. The number of aryl methyl sites for hydroxylation is 1. The molecule has 4 aliphatic carbocycles. The number of nitro benzene ring substituents is 1. The fraction of sp³-hybridized carbons (Fsp3) is 0.632. The van der Waals surface area contributed by atoms with Gasteiger partial charge >= 0.3 is 6.09 Å². The van der Waals surface area contributed by atoms with E-state index in [1.165, 1.54) is 25.3 Å². The van der Waals surface area contributed by atoms with Crippen molar-refractivity contribution >= 4 is 11.8 Å². The predicted molar refractivity (Wildman–Crippen MR) is 92.1 cm³/mol. The Morgan fingerprint density at radius 3 is 2.40 bits per heavy atom. The number of ether oxygens (including phenoxy) is 1. The molecule has 5 rings (SSSR count). The number of nitrogens with one attached hydrogen (secondary N) is 1. The molecule has 4 aliphatic rings. The van der Waals surface area contributed by atoms with Crippen LogP contribution in [0.5, 0.6) is 0 Å². The second-order valence-electron chi connectivity index (χ2n) is 8.29. The molecule has 1 aromatic carbocycles. The number of rotatable bonds is 4. The lowest BCUT2D eigenvalue weighted by molar-refractivity contribution is -0.385. The van der Waals surface area contributed by atoms with Gasteiger partial charge in [-0.25, -0.2) is 4.79 Å². The highest BCUT2D eigenvalue weighted by atomic mass is 16.6. The summed E-state index contributed by atoms with van der Waals surface area (Å²) in [4.78, 5) is 23.1. The molecule has 0 atom stereocenters. The SMILES string of the molecule is Cc1ccc([N+](=O)[O-])c(COC(=O)NC23CC4CC(CC(C4)C2)C3)c1. The number of carbonyl (C=O) groups excluding carboxylic acids is 1. The van der Waals surface area contributed by atoms with Crippen molar-refractivity contribution in [2.75, 3.05) is 0 Å². The minimum absolute atomic E-state index is 0.00629. The van der Waals surface area contributed by atoms with Gasteiger partial charge in [0.25, 0.3) is 5.69 Å². The fourth-order valence-corrected chi connectivity index (χ4v) is 5.67. The maximum Gasteiger partial charge on any atom is 0.407 e. The third-order valence-electron chi connectivity index (χ3n) is 6.20. The molecule has 6 nitrogen and oxygen atoms in total. The van der Waals surface area contributed by atoms with Gasteiger partial charge in [-0.2, -0.15) is 0 Å². The molecule has 0 saturated heterocycles. The Morgan fingerprint density at radius 1 is 1.24 bits per heavy atom. The standard InChI is InChI=1S/C19H24N2O4/c1-12-2-3-17(21(23)24)16(4-12)11-25-18(22)20-19-8-13-5-14(9-19)7-15(6-13)10-19/h2-4,13-15H,5-11H2,1H3,(H,20,22). The van der Waals surface area contributed by atoms with Crippen LogP contribution in [0.1, 0.15) is 49.7 Å². The molecular formula is C19H24N2O4. The molecule has 0 spiro atoms. The van der Waals surface area contributed by atoms with Crippen LogP contribution in [0.4, 0.5) is 10.5 Å². The van der Waals surface area contributed by atoms with Crippen LogP contribution >= 0.6 is 0 Å². The molecule has 1 aromatic rings. The molecule has 1 N–H and O–H groups in total.